The Kier molecular flexibility index (Phi) is 3.81. The monoisotopic (exact) mass is 243 g/mol. The van der Waals surface area contributed by atoms with E-state index in [0.717, 1.165) is 0 Å². The van der Waals surface area contributed by atoms with Gasteiger partial charge in [-0.15, -0.1) is 0 Å². The molecule has 0 bridgehead atoms. The van der Waals surface area contributed by atoms with Gasteiger partial charge in [-0.05, 0) is 0 Å². The Labute approximate surface area is 75.6 Å². The molecule has 14 heavy (non-hydrogen) atoms. The van der Waals surface area contributed by atoms with E-state index in [-0.39, 0.29) is 0 Å². The van der Waals surface area contributed by atoms with Crippen LogP contribution in [0.2, 0.25) is 0 Å². The number of alkyl halides is 5. The molecule has 0 aromatic carbocycles. The molecule has 0 fully saturated rings. The lowest BCUT2D eigenvalue weighted by Gasteiger charge is -2.18. The van der Waals surface area contributed by atoms with Gasteiger partial charge in [0.15, 0.2) is 0 Å². The first-order chi connectivity index (χ1) is 5.91. The highest BCUT2D eigenvalue weighted by Crippen LogP contribution is 2.30. The van der Waals surface area contributed by atoms with Gasteiger partial charge >= 0.3 is 12.3 Å². The Morgan fingerprint density at radius 2 is 1.50 bits per heavy atom. The minimum Gasteiger partial charge on any atom is -0.725 e. The van der Waals surface area contributed by atoms with Crippen LogP contribution in [0, 0.1) is 0 Å². The van der Waals surface area contributed by atoms with E-state index >= 15 is 0 Å². The summed E-state index contributed by atoms with van der Waals surface area (Å²) in [5, 5.41) is 0. The molecule has 0 aliphatic heterocycles. The van der Waals surface area contributed by atoms with E-state index in [1.54, 1.807) is 0 Å². The molecule has 0 spiro atoms. The van der Waals surface area contributed by atoms with E-state index < -0.39 is 35.5 Å². The van der Waals surface area contributed by atoms with E-state index in [4.69, 9.17) is 0 Å². The molecule has 0 radical (unpaired) electrons. The molecule has 0 unspecified atom stereocenters. The smallest absolute Gasteiger partial charge is 0.389 e. The highest BCUT2D eigenvalue weighted by atomic mass is 32.3. The Morgan fingerprint density at radius 1 is 1.07 bits per heavy atom. The van der Waals surface area contributed by atoms with Crippen molar-refractivity contribution in [3.05, 3.63) is 0 Å². The third-order valence-electron chi connectivity index (χ3n) is 0.923. The maximum Gasteiger partial charge on any atom is 0.389 e. The van der Waals surface area contributed by atoms with Gasteiger partial charge < -0.3 is 4.55 Å². The Hall–Kier alpha value is -0.480. The van der Waals surface area contributed by atoms with Gasteiger partial charge in [-0.2, -0.15) is 22.0 Å². The van der Waals surface area contributed by atoms with Gasteiger partial charge in [0.25, 0.3) is 0 Å². The Morgan fingerprint density at radius 3 is 1.79 bits per heavy atom. The highest BCUT2D eigenvalue weighted by molar-refractivity contribution is 7.80. The topological polar surface area (TPSA) is 66.4 Å². The van der Waals surface area contributed by atoms with E-state index in [1.807, 2.05) is 0 Å². The van der Waals surface area contributed by atoms with Gasteiger partial charge in [0, 0.05) is 6.42 Å². The molecule has 4 nitrogen and oxygen atoms in total. The summed E-state index contributed by atoms with van der Waals surface area (Å²) in [6.45, 7) is 0. The molecule has 0 amide bonds. The second kappa shape index (κ2) is 3.95. The molecular weight excluding hydrogens is 239 g/mol. The third kappa shape index (κ3) is 8.13. The zero-order valence-electron chi connectivity index (χ0n) is 6.35. The number of halogens is 5. The second-order valence-electron chi connectivity index (χ2n) is 2.24. The van der Waals surface area contributed by atoms with E-state index in [0.29, 0.717) is 0 Å². The van der Waals surface area contributed by atoms with Crippen molar-refractivity contribution in [3.63, 3.8) is 0 Å². The van der Waals surface area contributed by atoms with E-state index in [1.165, 1.54) is 0 Å². The number of rotatable bonds is 4. The molecule has 0 rings (SSSR count). The summed E-state index contributed by atoms with van der Waals surface area (Å²) in [5.41, 5.74) is 0. The van der Waals surface area contributed by atoms with Gasteiger partial charge in [0.1, 0.15) is 0 Å². The van der Waals surface area contributed by atoms with Crippen LogP contribution in [0.3, 0.4) is 0 Å². The fourth-order valence-corrected chi connectivity index (χ4v) is 0.860. The lowest BCUT2D eigenvalue weighted by Crippen LogP contribution is -2.27. The molecule has 0 heterocycles. The van der Waals surface area contributed by atoms with Crippen LogP contribution < -0.4 is 0 Å². The molecule has 0 aliphatic rings. The first kappa shape index (κ1) is 13.5. The van der Waals surface area contributed by atoms with Crippen LogP contribution in [0.25, 0.3) is 0 Å². The molecule has 0 saturated carbocycles. The molecule has 0 aromatic rings. The van der Waals surface area contributed by atoms with Crippen molar-refractivity contribution in [2.24, 2.45) is 0 Å². The van der Waals surface area contributed by atoms with Gasteiger partial charge in [-0.25, -0.2) is 12.6 Å². The van der Waals surface area contributed by atoms with Crippen molar-refractivity contribution in [1.29, 1.82) is 0 Å². The van der Waals surface area contributed by atoms with Crippen molar-refractivity contribution in [2.75, 3.05) is 0 Å². The summed E-state index contributed by atoms with van der Waals surface area (Å²) in [5.74, 6) is 0. The molecule has 10 heteroatoms. The van der Waals surface area contributed by atoms with Gasteiger partial charge in [-0.3, -0.25) is 0 Å². The van der Waals surface area contributed by atoms with Gasteiger partial charge in [-0.1, -0.05) is 0 Å². The average molecular weight is 243 g/mol. The van der Waals surface area contributed by atoms with Crippen molar-refractivity contribution in [1.82, 2.24) is 0 Å². The van der Waals surface area contributed by atoms with E-state index in [2.05, 4.69) is 4.18 Å². The molecule has 86 valence electrons. The minimum absolute atomic E-state index is 1.92. The molecule has 0 aliphatic carbocycles. The first-order valence-electron chi connectivity index (χ1n) is 3.02. The fourth-order valence-electron chi connectivity index (χ4n) is 0.478. The van der Waals surface area contributed by atoms with Crippen LogP contribution in [0.1, 0.15) is 12.8 Å². The molecule has 0 N–H and O–H groups in total. The normalized spacial score (nSPS) is 14.4. The van der Waals surface area contributed by atoms with E-state index in [9.17, 15) is 34.9 Å². The highest BCUT2D eigenvalue weighted by Gasteiger charge is 2.39. The van der Waals surface area contributed by atoms with Crippen LogP contribution >= 0.6 is 0 Å². The average Bonchev–Trinajstić information content (AvgIpc) is 1.76. The first-order valence-corrected chi connectivity index (χ1v) is 4.36. The number of hydrogen-bond acceptors (Lipinski definition) is 4. The van der Waals surface area contributed by atoms with Gasteiger partial charge in [0.2, 0.25) is 10.4 Å². The Balaban J connectivity index is 4.23. The maximum atomic E-state index is 12.1. The van der Waals surface area contributed by atoms with Crippen LogP contribution in [-0.2, 0) is 14.6 Å². The van der Waals surface area contributed by atoms with Crippen molar-refractivity contribution in [2.45, 2.75) is 25.1 Å². The van der Waals surface area contributed by atoms with Crippen LogP contribution in [0.15, 0.2) is 0 Å². The van der Waals surface area contributed by atoms with Crippen molar-refractivity contribution < 1.29 is 39.1 Å². The van der Waals surface area contributed by atoms with Crippen molar-refractivity contribution in [3.8, 4) is 0 Å². The number of hydrogen-bond donors (Lipinski definition) is 0. The lowest BCUT2D eigenvalue weighted by molar-refractivity contribution is -0.210. The summed E-state index contributed by atoms with van der Waals surface area (Å²) < 4.78 is 90.0. The van der Waals surface area contributed by atoms with Crippen molar-refractivity contribution >= 4 is 10.4 Å². The zero-order valence-corrected chi connectivity index (χ0v) is 7.16. The minimum atomic E-state index is -5.72. The zero-order chi connectivity index (χ0) is 11.6. The predicted octanol–water partition coefficient (Wildman–Crippen LogP) is 1.40. The SMILES string of the molecule is O=S(=O)([O-])OC(F)(F)CCC(F)(F)F. The van der Waals surface area contributed by atoms with Gasteiger partial charge in [0.05, 0.1) is 6.42 Å². The van der Waals surface area contributed by atoms with Crippen LogP contribution in [-0.4, -0.2) is 25.3 Å². The fraction of sp³-hybridized carbons (Fsp3) is 1.00. The van der Waals surface area contributed by atoms with Crippen LogP contribution in [0.5, 0.6) is 0 Å². The molecule has 0 atom stereocenters. The summed E-state index contributed by atoms with van der Waals surface area (Å²) in [6, 6.07) is 0. The standard InChI is InChI=1S/C4H5F5O4S/c5-3(6,7)1-2-4(8,9)13-14(10,11)12/h1-2H2,(H,10,11,12)/p-1. The summed E-state index contributed by atoms with van der Waals surface area (Å²) in [4.78, 5) is 0. The Bertz CT molecular complexity index is 281. The summed E-state index contributed by atoms with van der Waals surface area (Å²) >= 11 is 0. The molecular formula is C4H4F5O4S-. The largest absolute Gasteiger partial charge is 0.725 e. The predicted molar refractivity (Wildman–Crippen MR) is 31.0 cm³/mol. The van der Waals surface area contributed by atoms with Crippen LogP contribution in [0.4, 0.5) is 22.0 Å². The summed E-state index contributed by atoms with van der Waals surface area (Å²) in [7, 11) is -5.72. The quantitative estimate of drug-likeness (QED) is 0.425. The lowest BCUT2D eigenvalue weighted by atomic mass is 10.3. The summed E-state index contributed by atoms with van der Waals surface area (Å²) in [6.07, 6.45) is -13.4. The molecule has 0 saturated heterocycles. The third-order valence-corrected chi connectivity index (χ3v) is 1.37. The maximum absolute atomic E-state index is 12.1. The molecule has 0 aromatic heterocycles. The second-order valence-corrected chi connectivity index (χ2v) is 3.23.